The van der Waals surface area contributed by atoms with E-state index in [1.54, 1.807) is 0 Å². The van der Waals surface area contributed by atoms with Gasteiger partial charge in [0.1, 0.15) is 22.3 Å². The quantitative estimate of drug-likeness (QED) is 0.165. The van der Waals surface area contributed by atoms with Crippen LogP contribution in [0.2, 0.25) is 0 Å². The van der Waals surface area contributed by atoms with Crippen LogP contribution in [0.15, 0.2) is 209 Å². The summed E-state index contributed by atoms with van der Waals surface area (Å²) in [5, 5.41) is 11.6. The lowest BCUT2D eigenvalue weighted by Gasteiger charge is -2.31. The van der Waals surface area contributed by atoms with Crippen LogP contribution in [0.3, 0.4) is 0 Å². The third kappa shape index (κ3) is 4.86. The Balaban J connectivity index is 1.21. The molecular weight excluding hydrogens is 695 g/mol. The molecule has 3 heteroatoms. The predicted octanol–water partition coefficient (Wildman–Crippen LogP) is 15.7. The van der Waals surface area contributed by atoms with Crippen LogP contribution in [0.1, 0.15) is 0 Å². The SMILES string of the molecule is c1cc(-c2cccc3c2oc2ccccc23)cc(N(c2ccc3oc4ccccc4c3c2)c2c(-c3cccc4ccccc34)c3ccccc3c3ccccc23)c1. The molecule has 0 bridgehead atoms. The zero-order valence-corrected chi connectivity index (χ0v) is 30.8. The third-order valence-corrected chi connectivity index (χ3v) is 11.6. The van der Waals surface area contributed by atoms with Crippen LogP contribution < -0.4 is 4.90 Å². The molecule has 0 fully saturated rings. The minimum absolute atomic E-state index is 0.864. The summed E-state index contributed by atoms with van der Waals surface area (Å²) < 4.78 is 13.0. The molecular formula is C54H33NO2. The molecule has 3 nitrogen and oxygen atoms in total. The van der Waals surface area contributed by atoms with Crippen molar-refractivity contribution in [2.24, 2.45) is 0 Å². The Kier molecular flexibility index (Phi) is 6.93. The molecule has 0 aliphatic carbocycles. The fraction of sp³-hybridized carbons (Fsp3) is 0. The lowest BCUT2D eigenvalue weighted by Crippen LogP contribution is -2.12. The third-order valence-electron chi connectivity index (χ3n) is 11.6. The van der Waals surface area contributed by atoms with Gasteiger partial charge in [0.15, 0.2) is 0 Å². The number of fused-ring (bicyclic) bond motifs is 10. The number of rotatable bonds is 5. The van der Waals surface area contributed by atoms with E-state index in [1.165, 1.54) is 43.4 Å². The molecule has 12 aromatic rings. The van der Waals surface area contributed by atoms with E-state index >= 15 is 0 Å². The Hall–Kier alpha value is -7.62. The van der Waals surface area contributed by atoms with Crippen molar-refractivity contribution in [2.75, 3.05) is 4.90 Å². The van der Waals surface area contributed by atoms with Crippen LogP contribution in [-0.2, 0) is 0 Å². The lowest BCUT2D eigenvalue weighted by molar-refractivity contribution is 0.669. The number of benzene rings is 10. The average Bonchev–Trinajstić information content (AvgIpc) is 3.85. The predicted molar refractivity (Wildman–Crippen MR) is 239 cm³/mol. The summed E-state index contributed by atoms with van der Waals surface area (Å²) >= 11 is 0. The summed E-state index contributed by atoms with van der Waals surface area (Å²) in [6.07, 6.45) is 0. The minimum atomic E-state index is 0.864. The maximum Gasteiger partial charge on any atom is 0.143 e. The lowest BCUT2D eigenvalue weighted by atomic mass is 9.88. The van der Waals surface area contributed by atoms with Crippen LogP contribution in [0, 0.1) is 0 Å². The fourth-order valence-electron chi connectivity index (χ4n) is 9.12. The molecule has 0 N–H and O–H groups in total. The minimum Gasteiger partial charge on any atom is -0.456 e. The smallest absolute Gasteiger partial charge is 0.143 e. The van der Waals surface area contributed by atoms with Gasteiger partial charge in [-0.05, 0) is 80.5 Å². The molecule has 10 aromatic carbocycles. The van der Waals surface area contributed by atoms with Gasteiger partial charge in [-0.1, -0.05) is 158 Å². The molecule has 57 heavy (non-hydrogen) atoms. The molecule has 0 unspecified atom stereocenters. The summed E-state index contributed by atoms with van der Waals surface area (Å²) in [5.74, 6) is 0. The van der Waals surface area contributed by atoms with Crippen molar-refractivity contribution in [1.82, 2.24) is 0 Å². The molecule has 2 aromatic heterocycles. The average molecular weight is 728 g/mol. The maximum absolute atomic E-state index is 6.59. The molecule has 0 saturated heterocycles. The number of hydrogen-bond acceptors (Lipinski definition) is 3. The van der Waals surface area contributed by atoms with Gasteiger partial charge < -0.3 is 13.7 Å². The second-order valence-corrected chi connectivity index (χ2v) is 14.8. The fourth-order valence-corrected chi connectivity index (χ4v) is 9.12. The van der Waals surface area contributed by atoms with Crippen molar-refractivity contribution >= 4 is 93.3 Å². The van der Waals surface area contributed by atoms with Gasteiger partial charge in [0.05, 0.1) is 5.69 Å². The van der Waals surface area contributed by atoms with Gasteiger partial charge in [-0.15, -0.1) is 0 Å². The zero-order chi connectivity index (χ0) is 37.5. The molecule has 0 spiro atoms. The molecule has 0 aliphatic heterocycles. The second-order valence-electron chi connectivity index (χ2n) is 14.8. The molecule has 0 saturated carbocycles. The first kappa shape index (κ1) is 31.7. The molecule has 266 valence electrons. The summed E-state index contributed by atoms with van der Waals surface area (Å²) in [6.45, 7) is 0. The normalized spacial score (nSPS) is 11.9. The second kappa shape index (κ2) is 12.5. The van der Waals surface area contributed by atoms with Gasteiger partial charge in [0.2, 0.25) is 0 Å². The first-order chi connectivity index (χ1) is 28.3. The van der Waals surface area contributed by atoms with Gasteiger partial charge in [0.25, 0.3) is 0 Å². The standard InChI is InChI=1S/C54H33NO2/c1-2-18-38-34(14-1)15-12-26-44(38)52-45-23-5-3-19-40(45)41-20-4-6-24-46(41)53(52)55(37-30-31-51-48(33-37)43-22-8-9-28-49(43)56-51)36-17-11-16-35(32-36)39-25-13-27-47-42-21-7-10-29-50(42)57-54(39)47/h1-33H. The van der Waals surface area contributed by atoms with Crippen molar-refractivity contribution in [3.63, 3.8) is 0 Å². The number of anilines is 3. The van der Waals surface area contributed by atoms with Crippen LogP contribution in [0.5, 0.6) is 0 Å². The van der Waals surface area contributed by atoms with Crippen LogP contribution in [0.25, 0.3) is 98.4 Å². The maximum atomic E-state index is 6.59. The van der Waals surface area contributed by atoms with Crippen molar-refractivity contribution in [2.45, 2.75) is 0 Å². The molecule has 0 radical (unpaired) electrons. The Labute approximate surface area is 328 Å². The topological polar surface area (TPSA) is 29.5 Å². The summed E-state index contributed by atoms with van der Waals surface area (Å²) in [4.78, 5) is 2.47. The van der Waals surface area contributed by atoms with Gasteiger partial charge >= 0.3 is 0 Å². The van der Waals surface area contributed by atoms with E-state index in [-0.39, 0.29) is 0 Å². The van der Waals surface area contributed by atoms with E-state index in [0.29, 0.717) is 0 Å². The Morgan fingerprint density at radius 1 is 0.316 bits per heavy atom. The summed E-state index contributed by atoms with van der Waals surface area (Å²) in [6, 6.07) is 71.7. The van der Waals surface area contributed by atoms with E-state index in [0.717, 1.165) is 72.1 Å². The van der Waals surface area contributed by atoms with E-state index in [9.17, 15) is 0 Å². The monoisotopic (exact) mass is 727 g/mol. The number of hydrogen-bond donors (Lipinski definition) is 0. The van der Waals surface area contributed by atoms with E-state index in [4.69, 9.17) is 8.83 Å². The van der Waals surface area contributed by atoms with Gasteiger partial charge in [-0.2, -0.15) is 0 Å². The molecule has 0 atom stereocenters. The zero-order valence-electron chi connectivity index (χ0n) is 30.8. The highest BCUT2D eigenvalue weighted by Gasteiger charge is 2.26. The van der Waals surface area contributed by atoms with E-state index < -0.39 is 0 Å². The van der Waals surface area contributed by atoms with Crippen LogP contribution in [0.4, 0.5) is 17.1 Å². The van der Waals surface area contributed by atoms with Gasteiger partial charge in [0, 0.05) is 49.4 Å². The highest BCUT2D eigenvalue weighted by Crippen LogP contribution is 2.51. The Bertz CT molecular complexity index is 3550. The number of furan rings is 2. The van der Waals surface area contributed by atoms with Crippen molar-refractivity contribution in [1.29, 1.82) is 0 Å². The Morgan fingerprint density at radius 2 is 0.860 bits per heavy atom. The van der Waals surface area contributed by atoms with Crippen molar-refractivity contribution in [3.05, 3.63) is 200 Å². The highest BCUT2D eigenvalue weighted by molar-refractivity contribution is 6.24. The molecule has 12 rings (SSSR count). The van der Waals surface area contributed by atoms with Crippen LogP contribution >= 0.6 is 0 Å². The van der Waals surface area contributed by atoms with Gasteiger partial charge in [-0.25, -0.2) is 0 Å². The first-order valence-electron chi connectivity index (χ1n) is 19.4. The number of nitrogens with zero attached hydrogens (tertiary/aromatic N) is 1. The van der Waals surface area contributed by atoms with E-state index in [2.05, 4.69) is 181 Å². The molecule has 2 heterocycles. The van der Waals surface area contributed by atoms with Crippen LogP contribution in [-0.4, -0.2) is 0 Å². The highest BCUT2D eigenvalue weighted by atomic mass is 16.3. The van der Waals surface area contributed by atoms with Crippen molar-refractivity contribution in [3.8, 4) is 22.3 Å². The largest absolute Gasteiger partial charge is 0.456 e. The van der Waals surface area contributed by atoms with Crippen molar-refractivity contribution < 1.29 is 8.83 Å². The molecule has 0 aliphatic rings. The summed E-state index contributed by atoms with van der Waals surface area (Å²) in [7, 11) is 0. The Morgan fingerprint density at radius 3 is 1.68 bits per heavy atom. The number of para-hydroxylation sites is 3. The molecule has 0 amide bonds. The first-order valence-corrected chi connectivity index (χ1v) is 19.4. The van der Waals surface area contributed by atoms with Gasteiger partial charge in [-0.3, -0.25) is 0 Å². The summed E-state index contributed by atoms with van der Waals surface area (Å²) in [5.41, 5.74) is 11.2. The van der Waals surface area contributed by atoms with E-state index in [1.807, 2.05) is 24.3 Å².